The summed E-state index contributed by atoms with van der Waals surface area (Å²) in [6, 6.07) is 0. The molecule has 0 aliphatic carbocycles. The molecule has 1 unspecified atom stereocenters. The quantitative estimate of drug-likeness (QED) is 0.523. The molecular weight excluding hydrogens is 219 g/mol. The van der Waals surface area contributed by atoms with Gasteiger partial charge in [0.15, 0.2) is 0 Å². The second-order valence-electron chi connectivity index (χ2n) is 6.20. The van der Waals surface area contributed by atoms with Crippen LogP contribution < -0.4 is 0 Å². The van der Waals surface area contributed by atoms with E-state index in [-0.39, 0.29) is 5.04 Å². The zero-order valence-electron chi connectivity index (χ0n) is 12.8. The normalized spacial score (nSPS) is 14.1. The Hall–Kier alpha value is 0.334. The molecule has 17 heavy (non-hydrogen) atoms. The molecule has 3 heteroatoms. The molecule has 94 valence electrons. The molecule has 0 saturated heterocycles. The summed E-state index contributed by atoms with van der Waals surface area (Å²) in [4.78, 5) is 0. The van der Waals surface area contributed by atoms with Crippen molar-refractivity contribution in [2.45, 2.75) is 76.3 Å². The molecule has 0 aliphatic rings. The Bertz CT molecular complexity index is 270. The van der Waals surface area contributed by atoms with Crippen LogP contribution in [0.4, 0.5) is 0 Å². The molecule has 1 nitrogen and oxygen atoms in total. The van der Waals surface area contributed by atoms with E-state index in [1.54, 1.807) is 0 Å². The first kappa shape index (κ1) is 17.3. The van der Waals surface area contributed by atoms with E-state index in [1.165, 1.54) is 5.09 Å². The van der Waals surface area contributed by atoms with Crippen LogP contribution in [0.5, 0.6) is 0 Å². The molecule has 0 radical (unpaired) electrons. The summed E-state index contributed by atoms with van der Waals surface area (Å²) >= 11 is 2.22. The summed E-state index contributed by atoms with van der Waals surface area (Å²) in [6.45, 7) is 13.6. The first-order valence-corrected chi connectivity index (χ1v) is 9.79. The van der Waals surface area contributed by atoms with Crippen molar-refractivity contribution in [3.63, 3.8) is 0 Å². The molecule has 0 aliphatic heterocycles. The number of hydrogen-bond donors (Lipinski definition) is 0. The summed E-state index contributed by atoms with van der Waals surface area (Å²) in [6.07, 6.45) is 3.30. The van der Waals surface area contributed by atoms with Gasteiger partial charge in [-0.15, -0.1) is 0 Å². The third kappa shape index (κ3) is 6.73. The van der Waals surface area contributed by atoms with Gasteiger partial charge in [-0.3, -0.25) is 0 Å². The van der Waals surface area contributed by atoms with Gasteiger partial charge >= 0.3 is 119 Å². The fraction of sp³-hybridized carbons (Fsp3) is 0.857. The van der Waals surface area contributed by atoms with Crippen molar-refractivity contribution < 1.29 is 4.43 Å². The Morgan fingerprint density at radius 1 is 1.24 bits per heavy atom. The van der Waals surface area contributed by atoms with Crippen molar-refractivity contribution >= 4 is 26.0 Å². The average Bonchev–Trinajstić information content (AvgIpc) is 2.16. The van der Waals surface area contributed by atoms with Gasteiger partial charge in [-0.05, 0) is 0 Å². The molecule has 0 fully saturated rings. The molecule has 1 atom stereocenters. The summed E-state index contributed by atoms with van der Waals surface area (Å²) in [7, 11) is -1.63. The van der Waals surface area contributed by atoms with Crippen molar-refractivity contribution in [1.29, 1.82) is 0 Å². The van der Waals surface area contributed by atoms with Crippen LogP contribution in [0.15, 0.2) is 0 Å². The second kappa shape index (κ2) is 7.70. The van der Waals surface area contributed by atoms with Gasteiger partial charge in [-0.25, -0.2) is 0 Å². The molecule has 0 spiro atoms. The van der Waals surface area contributed by atoms with Crippen LogP contribution >= 0.6 is 0 Å². The van der Waals surface area contributed by atoms with Crippen LogP contribution in [-0.4, -0.2) is 32.1 Å². The molecule has 0 aromatic heterocycles. The topological polar surface area (TPSA) is 9.23 Å². The van der Waals surface area contributed by atoms with E-state index >= 15 is 0 Å². The van der Waals surface area contributed by atoms with Gasteiger partial charge in [0, 0.05) is 0 Å². The molecule has 0 aromatic carbocycles. The van der Waals surface area contributed by atoms with E-state index in [9.17, 15) is 0 Å². The molecule has 0 aromatic rings. The van der Waals surface area contributed by atoms with Crippen molar-refractivity contribution in [1.82, 2.24) is 0 Å². The Kier molecular flexibility index (Phi) is 7.85. The summed E-state index contributed by atoms with van der Waals surface area (Å²) in [5.74, 6) is 6.39. The monoisotopic (exact) mass is 246 g/mol. The standard InChI is InChI=1S/C14H27OSi.Li/c1-8-10-11-12-13(9-2)15-16(6,7)14(3,4)5;/h13H,2,8-9,12H2,1,3-7H3;. The number of rotatable bonds is 5. The first-order valence-electron chi connectivity index (χ1n) is 6.88. The fourth-order valence-electron chi connectivity index (χ4n) is 1.43. The van der Waals surface area contributed by atoms with Gasteiger partial charge in [0.2, 0.25) is 0 Å². The Morgan fingerprint density at radius 2 is 1.82 bits per heavy atom. The van der Waals surface area contributed by atoms with Crippen molar-refractivity contribution in [3.8, 4) is 11.8 Å². The molecule has 0 amide bonds. The van der Waals surface area contributed by atoms with E-state index in [0.717, 1.165) is 19.3 Å². The van der Waals surface area contributed by atoms with Gasteiger partial charge in [0.1, 0.15) is 0 Å². The third-order valence-electron chi connectivity index (χ3n) is 3.51. The second-order valence-corrected chi connectivity index (χ2v) is 11.0. The predicted octanol–water partition coefficient (Wildman–Crippen LogP) is 4.16. The maximum atomic E-state index is 6.43. The van der Waals surface area contributed by atoms with Crippen LogP contribution in [0.1, 0.15) is 47.0 Å². The van der Waals surface area contributed by atoms with Crippen LogP contribution in [0.3, 0.4) is 0 Å². The minimum absolute atomic E-state index is 0.289. The van der Waals surface area contributed by atoms with Gasteiger partial charge in [0.05, 0.1) is 0 Å². The van der Waals surface area contributed by atoms with E-state index < -0.39 is 8.32 Å². The van der Waals surface area contributed by atoms with E-state index in [1.807, 2.05) is 0 Å². The Morgan fingerprint density at radius 3 is 2.24 bits per heavy atom. The summed E-state index contributed by atoms with van der Waals surface area (Å²) in [5.41, 5.74) is 0. The maximum absolute atomic E-state index is 6.43. The van der Waals surface area contributed by atoms with E-state index in [4.69, 9.17) is 4.43 Å². The molecule has 0 saturated carbocycles. The van der Waals surface area contributed by atoms with Crippen LogP contribution in [0.2, 0.25) is 23.2 Å². The molecule has 0 heterocycles. The molecule has 0 rings (SSSR count). The first-order chi connectivity index (χ1) is 7.74. The zero-order chi connectivity index (χ0) is 13.5. The van der Waals surface area contributed by atoms with Crippen molar-refractivity contribution in [2.75, 3.05) is 0 Å². The van der Waals surface area contributed by atoms with Gasteiger partial charge < -0.3 is 0 Å². The molecule has 0 bridgehead atoms. The van der Waals surface area contributed by atoms with Gasteiger partial charge in [0.25, 0.3) is 0 Å². The minimum atomic E-state index is -1.63. The van der Waals surface area contributed by atoms with Crippen LogP contribution in [0, 0.1) is 11.8 Å². The number of hydrogen-bond acceptors (Lipinski definition) is 1. The van der Waals surface area contributed by atoms with Crippen molar-refractivity contribution in [2.24, 2.45) is 0 Å². The summed E-state index contributed by atoms with van der Waals surface area (Å²) < 4.78 is 6.43. The van der Waals surface area contributed by atoms with E-state index in [2.05, 4.69) is 70.3 Å². The average molecular weight is 246 g/mol. The van der Waals surface area contributed by atoms with Crippen LogP contribution in [-0.2, 0) is 4.43 Å². The SMILES string of the molecule is [Li][CH2]CC(CC#CCC)O[Si](C)(C)C(C)(C)C. The Labute approximate surface area is 118 Å². The third-order valence-corrected chi connectivity index (χ3v) is 8.04. The summed E-state index contributed by atoms with van der Waals surface area (Å²) in [5, 5.41) is 1.46. The molecule has 0 N–H and O–H groups in total. The Balaban J connectivity index is 4.53. The van der Waals surface area contributed by atoms with Crippen molar-refractivity contribution in [3.05, 3.63) is 0 Å². The molecular formula is C14H27LiOSi. The van der Waals surface area contributed by atoms with E-state index in [0.29, 0.717) is 6.10 Å². The van der Waals surface area contributed by atoms with Gasteiger partial charge in [-0.2, -0.15) is 0 Å². The predicted molar refractivity (Wildman–Crippen MR) is 79.9 cm³/mol. The fourth-order valence-corrected chi connectivity index (χ4v) is 2.82. The zero-order valence-corrected chi connectivity index (χ0v) is 13.8. The van der Waals surface area contributed by atoms with Gasteiger partial charge in [-0.1, -0.05) is 0 Å². The van der Waals surface area contributed by atoms with Crippen LogP contribution in [0.25, 0.3) is 0 Å².